The first-order valence-electron chi connectivity index (χ1n) is 4.83. The van der Waals surface area contributed by atoms with Crippen molar-refractivity contribution in [3.8, 4) is 5.75 Å². The van der Waals surface area contributed by atoms with Gasteiger partial charge >= 0.3 is 0 Å². The van der Waals surface area contributed by atoms with Gasteiger partial charge in [-0.3, -0.25) is 0 Å². The summed E-state index contributed by atoms with van der Waals surface area (Å²) in [5.41, 5.74) is 1.23. The number of hydrogen-bond acceptors (Lipinski definition) is 2. The van der Waals surface area contributed by atoms with Crippen LogP contribution >= 0.6 is 28.3 Å². The molecular formula is C11H17BrClNO. The molecular weight excluding hydrogens is 277 g/mol. The van der Waals surface area contributed by atoms with Crippen LogP contribution in [0, 0.1) is 6.92 Å². The molecule has 1 rings (SSSR count). The van der Waals surface area contributed by atoms with E-state index in [4.69, 9.17) is 4.74 Å². The second kappa shape index (κ2) is 7.97. The number of hydrogen-bond donors (Lipinski definition) is 1. The lowest BCUT2D eigenvalue weighted by atomic mass is 10.2. The summed E-state index contributed by atoms with van der Waals surface area (Å²) in [5, 5.41) is 3.21. The lowest BCUT2D eigenvalue weighted by molar-refractivity contribution is 0.313. The average Bonchev–Trinajstić information content (AvgIpc) is 2.15. The molecule has 0 aliphatic rings. The predicted molar refractivity (Wildman–Crippen MR) is 70.2 cm³/mol. The van der Waals surface area contributed by atoms with E-state index in [-0.39, 0.29) is 12.4 Å². The minimum Gasteiger partial charge on any atom is -0.491 e. The number of aryl methyl sites for hydroxylation is 1. The van der Waals surface area contributed by atoms with E-state index in [1.165, 1.54) is 5.56 Å². The third-order valence-electron chi connectivity index (χ3n) is 1.87. The molecule has 0 saturated heterocycles. The van der Waals surface area contributed by atoms with Gasteiger partial charge in [0.1, 0.15) is 12.4 Å². The molecule has 0 aliphatic carbocycles. The van der Waals surface area contributed by atoms with Gasteiger partial charge in [-0.25, -0.2) is 0 Å². The van der Waals surface area contributed by atoms with E-state index in [1.54, 1.807) is 0 Å². The molecule has 0 fully saturated rings. The van der Waals surface area contributed by atoms with Gasteiger partial charge in [-0.1, -0.05) is 13.0 Å². The maximum absolute atomic E-state index is 5.58. The summed E-state index contributed by atoms with van der Waals surface area (Å²) in [5.74, 6) is 0.911. The third-order valence-corrected chi connectivity index (χ3v) is 2.49. The quantitative estimate of drug-likeness (QED) is 0.842. The van der Waals surface area contributed by atoms with Crippen molar-refractivity contribution in [1.82, 2.24) is 5.32 Å². The second-order valence-corrected chi connectivity index (χ2v) is 3.99. The van der Waals surface area contributed by atoms with Crippen LogP contribution in [0.1, 0.15) is 12.5 Å². The summed E-state index contributed by atoms with van der Waals surface area (Å²) in [6, 6.07) is 6.10. The smallest absolute Gasteiger partial charge is 0.133 e. The maximum atomic E-state index is 5.58. The first kappa shape index (κ1) is 14.8. The van der Waals surface area contributed by atoms with Crippen molar-refractivity contribution >= 4 is 28.3 Å². The molecule has 1 aromatic rings. The van der Waals surface area contributed by atoms with E-state index in [9.17, 15) is 0 Å². The molecule has 0 saturated carbocycles. The topological polar surface area (TPSA) is 21.3 Å². The number of rotatable bonds is 5. The van der Waals surface area contributed by atoms with Gasteiger partial charge in [0, 0.05) is 6.54 Å². The Balaban J connectivity index is 0.00000196. The summed E-state index contributed by atoms with van der Waals surface area (Å²) in [6.07, 6.45) is 0. The highest BCUT2D eigenvalue weighted by molar-refractivity contribution is 9.10. The maximum Gasteiger partial charge on any atom is 0.133 e. The fourth-order valence-electron chi connectivity index (χ4n) is 1.13. The zero-order valence-corrected chi connectivity index (χ0v) is 11.5. The van der Waals surface area contributed by atoms with Crippen molar-refractivity contribution in [1.29, 1.82) is 0 Å². The second-order valence-electron chi connectivity index (χ2n) is 3.14. The van der Waals surface area contributed by atoms with Gasteiger partial charge in [-0.05, 0) is 47.1 Å². The van der Waals surface area contributed by atoms with Crippen LogP contribution in [0.4, 0.5) is 0 Å². The average molecular weight is 295 g/mol. The highest BCUT2D eigenvalue weighted by Crippen LogP contribution is 2.25. The lowest BCUT2D eigenvalue weighted by Crippen LogP contribution is -2.20. The normalized spacial score (nSPS) is 9.53. The molecule has 0 radical (unpaired) electrons. The number of likely N-dealkylation sites (N-methyl/N-ethyl adjacent to an activating group) is 1. The van der Waals surface area contributed by atoms with Crippen LogP contribution in [0.25, 0.3) is 0 Å². The van der Waals surface area contributed by atoms with Crippen LogP contribution in [0.3, 0.4) is 0 Å². The Morgan fingerprint density at radius 2 is 2.13 bits per heavy atom. The summed E-state index contributed by atoms with van der Waals surface area (Å²) < 4.78 is 6.61. The van der Waals surface area contributed by atoms with E-state index in [1.807, 2.05) is 12.1 Å². The molecule has 1 N–H and O–H groups in total. The Kier molecular flexibility index (Phi) is 7.83. The van der Waals surface area contributed by atoms with Crippen LogP contribution in [0.5, 0.6) is 5.75 Å². The molecule has 0 aromatic heterocycles. The molecule has 0 aliphatic heterocycles. The third kappa shape index (κ3) is 5.40. The summed E-state index contributed by atoms with van der Waals surface area (Å²) in [4.78, 5) is 0. The van der Waals surface area contributed by atoms with Crippen LogP contribution in [0.2, 0.25) is 0 Å². The van der Waals surface area contributed by atoms with Crippen LogP contribution < -0.4 is 10.1 Å². The minimum atomic E-state index is 0. The van der Waals surface area contributed by atoms with Crippen LogP contribution in [-0.4, -0.2) is 19.7 Å². The van der Waals surface area contributed by atoms with Crippen LogP contribution in [-0.2, 0) is 0 Å². The molecule has 15 heavy (non-hydrogen) atoms. The Labute approximate surface area is 106 Å². The molecule has 1 aromatic carbocycles. The Bertz CT molecular complexity index is 294. The largest absolute Gasteiger partial charge is 0.491 e. The SMILES string of the molecule is CCNCCOc1ccc(C)cc1Br.Cl. The van der Waals surface area contributed by atoms with Gasteiger partial charge < -0.3 is 10.1 Å². The summed E-state index contributed by atoms with van der Waals surface area (Å²) in [7, 11) is 0. The zero-order chi connectivity index (χ0) is 10.4. The highest BCUT2D eigenvalue weighted by atomic mass is 79.9. The van der Waals surface area contributed by atoms with Gasteiger partial charge in [0.05, 0.1) is 4.47 Å². The molecule has 0 heterocycles. The van der Waals surface area contributed by atoms with E-state index in [0.717, 1.165) is 23.3 Å². The number of nitrogens with one attached hydrogen (secondary N) is 1. The molecule has 4 heteroatoms. The van der Waals surface area contributed by atoms with Crippen molar-refractivity contribution in [2.45, 2.75) is 13.8 Å². The summed E-state index contributed by atoms with van der Waals surface area (Å²) >= 11 is 3.47. The highest BCUT2D eigenvalue weighted by Gasteiger charge is 1.99. The van der Waals surface area contributed by atoms with Crippen molar-refractivity contribution in [2.75, 3.05) is 19.7 Å². The van der Waals surface area contributed by atoms with Gasteiger partial charge in [-0.2, -0.15) is 0 Å². The van der Waals surface area contributed by atoms with Crippen molar-refractivity contribution in [3.63, 3.8) is 0 Å². The van der Waals surface area contributed by atoms with Gasteiger partial charge in [0.25, 0.3) is 0 Å². The van der Waals surface area contributed by atoms with E-state index < -0.39 is 0 Å². The first-order chi connectivity index (χ1) is 6.74. The number of ether oxygens (including phenoxy) is 1. The van der Waals surface area contributed by atoms with E-state index >= 15 is 0 Å². The van der Waals surface area contributed by atoms with Gasteiger partial charge in [0.2, 0.25) is 0 Å². The van der Waals surface area contributed by atoms with Crippen LogP contribution in [0.15, 0.2) is 22.7 Å². The number of benzene rings is 1. The monoisotopic (exact) mass is 293 g/mol. The van der Waals surface area contributed by atoms with Gasteiger partial charge in [0.15, 0.2) is 0 Å². The minimum absolute atomic E-state index is 0. The Morgan fingerprint density at radius 3 is 2.73 bits per heavy atom. The predicted octanol–water partition coefficient (Wildman–Crippen LogP) is 3.17. The van der Waals surface area contributed by atoms with Crippen molar-refractivity contribution < 1.29 is 4.74 Å². The Morgan fingerprint density at radius 1 is 1.40 bits per heavy atom. The molecule has 0 unspecified atom stereocenters. The number of halogens is 2. The Hall–Kier alpha value is -0.250. The lowest BCUT2D eigenvalue weighted by Gasteiger charge is -2.08. The molecule has 0 amide bonds. The molecule has 0 bridgehead atoms. The standard InChI is InChI=1S/C11H16BrNO.ClH/c1-3-13-6-7-14-11-5-4-9(2)8-10(11)12;/h4-5,8,13H,3,6-7H2,1-2H3;1H. The molecule has 0 atom stereocenters. The fraction of sp³-hybridized carbons (Fsp3) is 0.455. The van der Waals surface area contributed by atoms with Crippen molar-refractivity contribution in [2.24, 2.45) is 0 Å². The zero-order valence-electron chi connectivity index (χ0n) is 9.05. The van der Waals surface area contributed by atoms with Gasteiger partial charge in [-0.15, -0.1) is 12.4 Å². The molecule has 0 spiro atoms. The van der Waals surface area contributed by atoms with E-state index in [2.05, 4.69) is 41.2 Å². The molecule has 2 nitrogen and oxygen atoms in total. The molecule has 86 valence electrons. The van der Waals surface area contributed by atoms with Crippen molar-refractivity contribution in [3.05, 3.63) is 28.2 Å². The first-order valence-corrected chi connectivity index (χ1v) is 5.63. The fourth-order valence-corrected chi connectivity index (χ4v) is 1.74. The summed E-state index contributed by atoms with van der Waals surface area (Å²) in [6.45, 7) is 6.72. The van der Waals surface area contributed by atoms with E-state index in [0.29, 0.717) is 6.61 Å².